The Labute approximate surface area is 171 Å². The van der Waals surface area contributed by atoms with Crippen molar-refractivity contribution < 1.29 is 18.9 Å². The number of carbonyl (C=O) groups is 1. The molecule has 0 radical (unpaired) electrons. The molecule has 4 aromatic rings. The first-order valence-electron chi connectivity index (χ1n) is 9.13. The summed E-state index contributed by atoms with van der Waals surface area (Å²) in [6.07, 6.45) is 0. The Balaban J connectivity index is 1.42. The molecule has 150 valence electrons. The van der Waals surface area contributed by atoms with Crippen LogP contribution in [-0.4, -0.2) is 22.4 Å². The van der Waals surface area contributed by atoms with E-state index in [-0.39, 0.29) is 18.2 Å². The van der Waals surface area contributed by atoms with Crippen molar-refractivity contribution in [1.82, 2.24) is 4.98 Å². The maximum absolute atomic E-state index is 12.2. The van der Waals surface area contributed by atoms with E-state index < -0.39 is 4.92 Å². The normalized spacial score (nSPS) is 10.7. The van der Waals surface area contributed by atoms with Gasteiger partial charge in [-0.05, 0) is 55.0 Å². The first kappa shape index (κ1) is 19.1. The number of ether oxygens (including phenoxy) is 1. The Hall–Kier alpha value is -4.20. The third kappa shape index (κ3) is 4.27. The van der Waals surface area contributed by atoms with E-state index in [2.05, 4.69) is 10.3 Å². The fourth-order valence-corrected chi connectivity index (χ4v) is 2.90. The van der Waals surface area contributed by atoms with Crippen LogP contribution in [0, 0.1) is 17.0 Å². The summed E-state index contributed by atoms with van der Waals surface area (Å²) in [6.45, 7) is 1.75. The largest absolute Gasteiger partial charge is 0.484 e. The summed E-state index contributed by atoms with van der Waals surface area (Å²) >= 11 is 0. The molecule has 0 aliphatic carbocycles. The Bertz CT molecular complexity index is 1230. The van der Waals surface area contributed by atoms with E-state index in [1.807, 2.05) is 31.2 Å². The van der Waals surface area contributed by atoms with E-state index in [4.69, 9.17) is 9.15 Å². The summed E-state index contributed by atoms with van der Waals surface area (Å²) in [7, 11) is 0. The number of aryl methyl sites for hydroxylation is 1. The van der Waals surface area contributed by atoms with Gasteiger partial charge in [-0.1, -0.05) is 12.1 Å². The van der Waals surface area contributed by atoms with Gasteiger partial charge in [0.2, 0.25) is 5.89 Å². The molecule has 0 saturated heterocycles. The second-order valence-electron chi connectivity index (χ2n) is 6.66. The van der Waals surface area contributed by atoms with Gasteiger partial charge in [-0.15, -0.1) is 0 Å². The maximum Gasteiger partial charge on any atom is 0.269 e. The molecule has 1 aromatic heterocycles. The Morgan fingerprint density at radius 3 is 2.70 bits per heavy atom. The Kier molecular flexibility index (Phi) is 5.13. The number of nitro groups is 1. The third-order valence-corrected chi connectivity index (χ3v) is 4.35. The Morgan fingerprint density at radius 1 is 1.13 bits per heavy atom. The van der Waals surface area contributed by atoms with Crippen molar-refractivity contribution in [1.29, 1.82) is 0 Å². The molecule has 0 unspecified atom stereocenters. The number of oxazole rings is 1. The zero-order chi connectivity index (χ0) is 21.1. The van der Waals surface area contributed by atoms with Gasteiger partial charge in [0, 0.05) is 23.4 Å². The number of nitrogens with zero attached hydrogens (tertiary/aromatic N) is 2. The highest BCUT2D eigenvalue weighted by Crippen LogP contribution is 2.26. The molecule has 0 bridgehead atoms. The van der Waals surface area contributed by atoms with Crippen molar-refractivity contribution in [2.45, 2.75) is 6.92 Å². The summed E-state index contributed by atoms with van der Waals surface area (Å²) in [5.41, 5.74) is 3.82. The monoisotopic (exact) mass is 403 g/mol. The molecular weight excluding hydrogens is 386 g/mol. The van der Waals surface area contributed by atoms with Crippen molar-refractivity contribution in [3.8, 4) is 17.2 Å². The van der Waals surface area contributed by atoms with Crippen molar-refractivity contribution in [2.75, 3.05) is 11.9 Å². The molecule has 1 heterocycles. The molecule has 8 heteroatoms. The summed E-state index contributed by atoms with van der Waals surface area (Å²) in [5, 5.41) is 13.4. The molecule has 0 spiro atoms. The topological polar surface area (TPSA) is 108 Å². The van der Waals surface area contributed by atoms with Gasteiger partial charge in [-0.25, -0.2) is 4.98 Å². The van der Waals surface area contributed by atoms with Crippen LogP contribution in [0.5, 0.6) is 5.75 Å². The highest BCUT2D eigenvalue weighted by atomic mass is 16.6. The number of hydrogen-bond acceptors (Lipinski definition) is 6. The highest BCUT2D eigenvalue weighted by molar-refractivity contribution is 5.92. The first-order chi connectivity index (χ1) is 14.5. The number of amides is 1. The molecule has 1 amide bonds. The number of rotatable bonds is 6. The quantitative estimate of drug-likeness (QED) is 0.368. The van der Waals surface area contributed by atoms with Crippen LogP contribution in [-0.2, 0) is 4.79 Å². The molecule has 0 aliphatic rings. The van der Waals surface area contributed by atoms with E-state index in [0.717, 1.165) is 16.6 Å². The van der Waals surface area contributed by atoms with Gasteiger partial charge in [-0.3, -0.25) is 14.9 Å². The van der Waals surface area contributed by atoms with Crippen molar-refractivity contribution >= 4 is 28.4 Å². The minimum absolute atomic E-state index is 0.0435. The van der Waals surface area contributed by atoms with Crippen molar-refractivity contribution in [3.63, 3.8) is 0 Å². The van der Waals surface area contributed by atoms with Crippen molar-refractivity contribution in [2.24, 2.45) is 0 Å². The molecule has 0 saturated carbocycles. The molecule has 0 aliphatic heterocycles. The lowest BCUT2D eigenvalue weighted by Gasteiger charge is -2.08. The number of aromatic nitrogens is 1. The van der Waals surface area contributed by atoms with Gasteiger partial charge in [0.15, 0.2) is 12.2 Å². The predicted molar refractivity (Wildman–Crippen MR) is 111 cm³/mol. The lowest BCUT2D eigenvalue weighted by atomic mass is 10.2. The molecule has 0 fully saturated rings. The van der Waals surface area contributed by atoms with Crippen LogP contribution in [0.2, 0.25) is 0 Å². The third-order valence-electron chi connectivity index (χ3n) is 4.35. The number of benzene rings is 3. The van der Waals surface area contributed by atoms with Crippen LogP contribution in [0.15, 0.2) is 71.1 Å². The van der Waals surface area contributed by atoms with Crippen LogP contribution in [0.1, 0.15) is 5.56 Å². The number of nitro benzene ring substituents is 1. The average molecular weight is 403 g/mol. The maximum atomic E-state index is 12.2. The van der Waals surface area contributed by atoms with Gasteiger partial charge in [0.05, 0.1) is 4.92 Å². The zero-order valence-electron chi connectivity index (χ0n) is 16.0. The highest BCUT2D eigenvalue weighted by Gasteiger charge is 2.11. The fourth-order valence-electron chi connectivity index (χ4n) is 2.90. The number of fused-ring (bicyclic) bond motifs is 1. The Morgan fingerprint density at radius 2 is 1.93 bits per heavy atom. The van der Waals surface area contributed by atoms with E-state index in [0.29, 0.717) is 22.9 Å². The van der Waals surface area contributed by atoms with Gasteiger partial charge in [-0.2, -0.15) is 0 Å². The van der Waals surface area contributed by atoms with E-state index in [1.165, 1.54) is 24.3 Å². The van der Waals surface area contributed by atoms with E-state index in [9.17, 15) is 14.9 Å². The number of hydrogen-bond donors (Lipinski definition) is 1. The molecule has 1 N–H and O–H groups in total. The summed E-state index contributed by atoms with van der Waals surface area (Å²) in [6, 6.07) is 18.5. The lowest BCUT2D eigenvalue weighted by molar-refractivity contribution is -0.384. The number of anilines is 1. The second-order valence-corrected chi connectivity index (χ2v) is 6.66. The zero-order valence-corrected chi connectivity index (χ0v) is 16.0. The van der Waals surface area contributed by atoms with Crippen molar-refractivity contribution in [3.05, 3.63) is 82.4 Å². The van der Waals surface area contributed by atoms with E-state index in [1.54, 1.807) is 18.2 Å². The SMILES string of the molecule is Cc1ccc2nc(-c3cccc(NC(=O)COc4ccc([N+](=O)[O-])cc4)c3)oc2c1. The van der Waals surface area contributed by atoms with Crippen LogP contribution in [0.3, 0.4) is 0 Å². The summed E-state index contributed by atoms with van der Waals surface area (Å²) < 4.78 is 11.2. The standard InChI is InChI=1S/C22H17N3O5/c1-14-5-10-19-20(11-14)30-22(24-19)15-3-2-4-16(12-15)23-21(26)13-29-18-8-6-17(7-9-18)25(27)28/h2-12H,13H2,1H3,(H,23,26). The molecular formula is C22H17N3O5. The van der Waals surface area contributed by atoms with Crippen LogP contribution in [0.25, 0.3) is 22.6 Å². The average Bonchev–Trinajstić information content (AvgIpc) is 3.16. The number of carbonyl (C=O) groups excluding carboxylic acids is 1. The molecule has 8 nitrogen and oxygen atoms in total. The number of nitrogens with one attached hydrogen (secondary N) is 1. The molecule has 4 rings (SSSR count). The second kappa shape index (κ2) is 8.04. The van der Waals surface area contributed by atoms with Crippen LogP contribution in [0.4, 0.5) is 11.4 Å². The fraction of sp³-hybridized carbons (Fsp3) is 0.0909. The molecule has 3 aromatic carbocycles. The van der Waals surface area contributed by atoms with Gasteiger partial charge in [0.1, 0.15) is 11.3 Å². The van der Waals surface area contributed by atoms with Gasteiger partial charge < -0.3 is 14.5 Å². The smallest absolute Gasteiger partial charge is 0.269 e. The lowest BCUT2D eigenvalue weighted by Crippen LogP contribution is -2.20. The summed E-state index contributed by atoms with van der Waals surface area (Å²) in [4.78, 5) is 26.9. The van der Waals surface area contributed by atoms with Gasteiger partial charge >= 0.3 is 0 Å². The minimum Gasteiger partial charge on any atom is -0.484 e. The minimum atomic E-state index is -0.499. The predicted octanol–water partition coefficient (Wildman–Crippen LogP) is 4.73. The molecule has 0 atom stereocenters. The van der Waals surface area contributed by atoms with Gasteiger partial charge in [0.25, 0.3) is 11.6 Å². The van der Waals surface area contributed by atoms with Crippen LogP contribution >= 0.6 is 0 Å². The van der Waals surface area contributed by atoms with E-state index >= 15 is 0 Å². The van der Waals surface area contributed by atoms with Crippen LogP contribution < -0.4 is 10.1 Å². The first-order valence-corrected chi connectivity index (χ1v) is 9.13. The number of non-ortho nitro benzene ring substituents is 1. The summed E-state index contributed by atoms with van der Waals surface area (Å²) in [5.74, 6) is 0.471. The molecule has 30 heavy (non-hydrogen) atoms.